The van der Waals surface area contributed by atoms with E-state index in [2.05, 4.69) is 27.3 Å². The lowest BCUT2D eigenvalue weighted by atomic mass is 9.99. The Bertz CT molecular complexity index is 1240. The molecule has 5 rings (SSSR count). The molecule has 160 valence electrons. The predicted octanol–water partition coefficient (Wildman–Crippen LogP) is 5.79. The Balaban J connectivity index is 1.34. The summed E-state index contributed by atoms with van der Waals surface area (Å²) < 4.78 is 0. The van der Waals surface area contributed by atoms with Gasteiger partial charge in [-0.2, -0.15) is 0 Å². The van der Waals surface area contributed by atoms with Crippen LogP contribution in [0.4, 0.5) is 11.5 Å². The summed E-state index contributed by atoms with van der Waals surface area (Å²) in [5, 5.41) is 13.9. The SMILES string of the molecule is CC1CCN(c2ccc(-c3cccc(NC(=O)c4cccc5ccccc45)c3)nn2)CC1. The number of nitrogens with zero attached hydrogens (tertiary/aromatic N) is 3. The Morgan fingerprint density at radius 3 is 2.50 bits per heavy atom. The van der Waals surface area contributed by atoms with E-state index in [4.69, 9.17) is 0 Å². The third kappa shape index (κ3) is 4.19. The molecule has 1 amide bonds. The Hall–Kier alpha value is -3.73. The van der Waals surface area contributed by atoms with Crippen LogP contribution in [0, 0.1) is 5.92 Å². The highest BCUT2D eigenvalue weighted by Gasteiger charge is 2.17. The van der Waals surface area contributed by atoms with Gasteiger partial charge in [0.1, 0.15) is 0 Å². The number of hydrogen-bond donors (Lipinski definition) is 1. The molecule has 0 atom stereocenters. The molecule has 5 nitrogen and oxygen atoms in total. The summed E-state index contributed by atoms with van der Waals surface area (Å²) in [5.74, 6) is 1.59. The predicted molar refractivity (Wildman–Crippen MR) is 130 cm³/mol. The van der Waals surface area contributed by atoms with Gasteiger partial charge in [-0.25, -0.2) is 0 Å². The van der Waals surface area contributed by atoms with Crippen molar-refractivity contribution in [3.63, 3.8) is 0 Å². The van der Waals surface area contributed by atoms with Crippen molar-refractivity contribution in [2.75, 3.05) is 23.3 Å². The van der Waals surface area contributed by atoms with Crippen LogP contribution < -0.4 is 10.2 Å². The molecule has 1 saturated heterocycles. The minimum absolute atomic E-state index is 0.125. The number of carbonyl (C=O) groups excluding carboxylic acids is 1. The summed E-state index contributed by atoms with van der Waals surface area (Å²) >= 11 is 0. The van der Waals surface area contributed by atoms with Gasteiger partial charge in [0.15, 0.2) is 5.82 Å². The number of rotatable bonds is 4. The van der Waals surface area contributed by atoms with E-state index in [1.165, 1.54) is 12.8 Å². The Kier molecular flexibility index (Phi) is 5.55. The van der Waals surface area contributed by atoms with E-state index in [0.29, 0.717) is 5.56 Å². The van der Waals surface area contributed by atoms with Crippen molar-refractivity contribution in [2.24, 2.45) is 5.92 Å². The van der Waals surface area contributed by atoms with Crippen molar-refractivity contribution < 1.29 is 4.79 Å². The van der Waals surface area contributed by atoms with Crippen LogP contribution in [0.2, 0.25) is 0 Å². The normalized spacial score (nSPS) is 14.5. The van der Waals surface area contributed by atoms with Gasteiger partial charge in [0.2, 0.25) is 0 Å². The van der Waals surface area contributed by atoms with E-state index in [-0.39, 0.29) is 5.91 Å². The van der Waals surface area contributed by atoms with E-state index in [9.17, 15) is 4.79 Å². The number of fused-ring (bicyclic) bond motifs is 1. The Labute approximate surface area is 188 Å². The Morgan fingerprint density at radius 2 is 1.69 bits per heavy atom. The standard InChI is InChI=1S/C27H26N4O/c1-19-14-16-31(17-15-19)26-13-12-25(29-30-26)21-8-4-9-22(18-21)28-27(32)24-11-5-7-20-6-2-3-10-23(20)24/h2-13,18-19H,14-17H2,1H3,(H,28,32). The number of carbonyl (C=O) groups is 1. The van der Waals surface area contributed by atoms with Crippen LogP contribution in [0.3, 0.4) is 0 Å². The van der Waals surface area contributed by atoms with Gasteiger partial charge in [-0.05, 0) is 59.9 Å². The van der Waals surface area contributed by atoms with Gasteiger partial charge >= 0.3 is 0 Å². The molecule has 1 fully saturated rings. The van der Waals surface area contributed by atoms with Crippen molar-refractivity contribution in [2.45, 2.75) is 19.8 Å². The van der Waals surface area contributed by atoms with Crippen molar-refractivity contribution >= 4 is 28.2 Å². The second-order valence-corrected chi connectivity index (χ2v) is 8.51. The molecule has 1 N–H and O–H groups in total. The monoisotopic (exact) mass is 422 g/mol. The lowest BCUT2D eigenvalue weighted by Crippen LogP contribution is -2.33. The zero-order valence-electron chi connectivity index (χ0n) is 18.2. The first-order valence-corrected chi connectivity index (χ1v) is 11.2. The van der Waals surface area contributed by atoms with Crippen molar-refractivity contribution in [3.8, 4) is 11.3 Å². The molecule has 0 bridgehead atoms. The average molecular weight is 423 g/mol. The highest BCUT2D eigenvalue weighted by molar-refractivity contribution is 6.13. The third-order valence-corrected chi connectivity index (χ3v) is 6.21. The second kappa shape index (κ2) is 8.79. The largest absolute Gasteiger partial charge is 0.355 e. The van der Waals surface area contributed by atoms with E-state index in [1.807, 2.05) is 78.9 Å². The maximum Gasteiger partial charge on any atom is 0.256 e. The highest BCUT2D eigenvalue weighted by atomic mass is 16.1. The van der Waals surface area contributed by atoms with E-state index in [0.717, 1.165) is 52.5 Å². The number of benzene rings is 3. The van der Waals surface area contributed by atoms with Crippen LogP contribution >= 0.6 is 0 Å². The summed E-state index contributed by atoms with van der Waals surface area (Å²) in [7, 11) is 0. The van der Waals surface area contributed by atoms with E-state index in [1.54, 1.807) is 0 Å². The molecule has 0 radical (unpaired) electrons. The zero-order valence-corrected chi connectivity index (χ0v) is 18.2. The topological polar surface area (TPSA) is 58.1 Å². The van der Waals surface area contributed by atoms with Crippen LogP contribution in [-0.4, -0.2) is 29.2 Å². The van der Waals surface area contributed by atoms with Crippen LogP contribution in [0.5, 0.6) is 0 Å². The number of amides is 1. The molecule has 1 aliphatic rings. The van der Waals surface area contributed by atoms with Crippen LogP contribution in [0.15, 0.2) is 78.9 Å². The molecular formula is C27H26N4O. The van der Waals surface area contributed by atoms with Crippen molar-refractivity contribution in [1.82, 2.24) is 10.2 Å². The minimum Gasteiger partial charge on any atom is -0.355 e. The highest BCUT2D eigenvalue weighted by Crippen LogP contribution is 2.25. The second-order valence-electron chi connectivity index (χ2n) is 8.51. The molecule has 2 heterocycles. The van der Waals surface area contributed by atoms with Gasteiger partial charge in [0.25, 0.3) is 5.91 Å². The molecule has 0 unspecified atom stereocenters. The molecule has 1 aliphatic heterocycles. The summed E-state index contributed by atoms with van der Waals surface area (Å²) in [5.41, 5.74) is 3.11. The van der Waals surface area contributed by atoms with Gasteiger partial charge in [-0.1, -0.05) is 55.5 Å². The fourth-order valence-corrected chi connectivity index (χ4v) is 4.26. The number of hydrogen-bond acceptors (Lipinski definition) is 4. The number of anilines is 2. The molecule has 32 heavy (non-hydrogen) atoms. The lowest BCUT2D eigenvalue weighted by Gasteiger charge is -2.30. The van der Waals surface area contributed by atoms with Crippen molar-refractivity contribution in [3.05, 3.63) is 84.4 Å². The van der Waals surface area contributed by atoms with Crippen LogP contribution in [0.1, 0.15) is 30.1 Å². The molecule has 0 spiro atoms. The molecule has 4 aromatic rings. The summed E-state index contributed by atoms with van der Waals surface area (Å²) in [6.45, 7) is 4.37. The fraction of sp³-hybridized carbons (Fsp3) is 0.222. The number of nitrogens with one attached hydrogen (secondary N) is 1. The average Bonchev–Trinajstić information content (AvgIpc) is 2.84. The van der Waals surface area contributed by atoms with Crippen LogP contribution in [0.25, 0.3) is 22.0 Å². The molecule has 0 aliphatic carbocycles. The molecule has 1 aromatic heterocycles. The van der Waals surface area contributed by atoms with E-state index >= 15 is 0 Å². The summed E-state index contributed by atoms with van der Waals surface area (Å²) in [6.07, 6.45) is 2.39. The smallest absolute Gasteiger partial charge is 0.256 e. The fourth-order valence-electron chi connectivity index (χ4n) is 4.26. The van der Waals surface area contributed by atoms with Gasteiger partial charge < -0.3 is 10.2 Å². The summed E-state index contributed by atoms with van der Waals surface area (Å²) in [4.78, 5) is 15.3. The first kappa shape index (κ1) is 20.2. The maximum atomic E-state index is 13.0. The first-order valence-electron chi connectivity index (χ1n) is 11.2. The molecule has 0 saturated carbocycles. The quantitative estimate of drug-likeness (QED) is 0.453. The molecule has 5 heteroatoms. The third-order valence-electron chi connectivity index (χ3n) is 6.21. The van der Waals surface area contributed by atoms with Gasteiger partial charge in [-0.15, -0.1) is 10.2 Å². The van der Waals surface area contributed by atoms with Gasteiger partial charge in [-0.3, -0.25) is 4.79 Å². The van der Waals surface area contributed by atoms with Gasteiger partial charge in [0, 0.05) is 29.9 Å². The number of aromatic nitrogens is 2. The number of piperidine rings is 1. The van der Waals surface area contributed by atoms with Gasteiger partial charge in [0.05, 0.1) is 5.69 Å². The maximum absolute atomic E-state index is 13.0. The Morgan fingerprint density at radius 1 is 0.906 bits per heavy atom. The molecular weight excluding hydrogens is 396 g/mol. The summed E-state index contributed by atoms with van der Waals surface area (Å²) in [6, 6.07) is 25.5. The van der Waals surface area contributed by atoms with Crippen LogP contribution in [-0.2, 0) is 0 Å². The minimum atomic E-state index is -0.125. The lowest BCUT2D eigenvalue weighted by molar-refractivity contribution is 0.102. The zero-order chi connectivity index (χ0) is 21.9. The van der Waals surface area contributed by atoms with Crippen molar-refractivity contribution in [1.29, 1.82) is 0 Å². The van der Waals surface area contributed by atoms with E-state index < -0.39 is 0 Å². The molecule has 3 aromatic carbocycles. The first-order chi connectivity index (χ1) is 15.7.